The molecule has 8 nitrogen and oxygen atoms in total. The van der Waals surface area contributed by atoms with Crippen LogP contribution in [-0.4, -0.2) is 65.4 Å². The van der Waals surface area contributed by atoms with Gasteiger partial charge in [-0.1, -0.05) is 13.8 Å². The zero-order chi connectivity index (χ0) is 15.7. The maximum Gasteiger partial charge on any atom is 0.323 e. The largest absolute Gasteiger partial charge is 0.480 e. The van der Waals surface area contributed by atoms with Crippen molar-refractivity contribution in [1.29, 1.82) is 0 Å². The molecular weight excluding hydrogens is 268 g/mol. The Bertz CT molecular complexity index is 329. The second kappa shape index (κ2) is 9.13. The van der Waals surface area contributed by atoms with Gasteiger partial charge in [-0.2, -0.15) is 0 Å². The number of carbonyl (C=O) groups is 3. The van der Waals surface area contributed by atoms with E-state index in [-0.39, 0.29) is 18.6 Å². The number of rotatable bonds is 9. The molecule has 0 aliphatic rings. The molecule has 0 aromatic carbocycles. The molecule has 3 N–H and O–H groups in total. The van der Waals surface area contributed by atoms with Crippen molar-refractivity contribution >= 4 is 18.0 Å². The monoisotopic (exact) mass is 290 g/mol. The molecule has 0 rings (SSSR count). The number of ether oxygens (including phenoxy) is 1. The summed E-state index contributed by atoms with van der Waals surface area (Å²) in [7, 11) is 0. The van der Waals surface area contributed by atoms with Gasteiger partial charge in [0, 0.05) is 6.61 Å². The van der Waals surface area contributed by atoms with Crippen molar-refractivity contribution in [3.05, 3.63) is 0 Å². The first-order chi connectivity index (χ1) is 9.27. The fourth-order valence-electron chi connectivity index (χ4n) is 1.42. The maximum absolute atomic E-state index is 11.9. The van der Waals surface area contributed by atoms with Gasteiger partial charge in [0.2, 0.25) is 0 Å². The second-order valence-corrected chi connectivity index (χ2v) is 4.60. The van der Waals surface area contributed by atoms with Crippen LogP contribution in [0.5, 0.6) is 0 Å². The highest BCUT2D eigenvalue weighted by Crippen LogP contribution is 2.04. The molecule has 1 atom stereocenters. The van der Waals surface area contributed by atoms with E-state index in [1.54, 1.807) is 0 Å². The highest BCUT2D eigenvalue weighted by atomic mass is 16.5. The first-order valence-electron chi connectivity index (χ1n) is 6.34. The highest BCUT2D eigenvalue weighted by molar-refractivity contribution is 5.84. The summed E-state index contributed by atoms with van der Waals surface area (Å²) in [6.45, 7) is 5.02. The number of hydrogen-bond donors (Lipinski definition) is 3. The third-order valence-electron chi connectivity index (χ3n) is 2.55. The molecule has 0 saturated carbocycles. The van der Waals surface area contributed by atoms with Gasteiger partial charge in [-0.3, -0.25) is 9.59 Å². The number of nitrogens with zero attached hydrogens (tertiary/aromatic N) is 1. The number of amides is 2. The van der Waals surface area contributed by atoms with Crippen LogP contribution >= 0.6 is 0 Å². The standard InChI is InChI=1S/C12H22N2O6/c1-4-20-7-9(8(2)3)13-12(19)14(5-10(15)16)6-11(17)18/h8-9H,4-7H2,1-3H3,(H,13,19)(H,15,16)(H,17,18). The number of aliphatic carboxylic acids is 2. The van der Waals surface area contributed by atoms with Crippen molar-refractivity contribution in [1.82, 2.24) is 10.2 Å². The molecule has 0 aromatic rings. The molecule has 0 radical (unpaired) electrons. The summed E-state index contributed by atoms with van der Waals surface area (Å²) in [5.74, 6) is -2.47. The van der Waals surface area contributed by atoms with Crippen molar-refractivity contribution in [2.75, 3.05) is 26.3 Å². The molecule has 0 aliphatic carbocycles. The Morgan fingerprint density at radius 2 is 1.65 bits per heavy atom. The van der Waals surface area contributed by atoms with Gasteiger partial charge in [0.1, 0.15) is 13.1 Å². The molecule has 0 saturated heterocycles. The fraction of sp³-hybridized carbons (Fsp3) is 0.750. The molecule has 8 heteroatoms. The predicted molar refractivity (Wildman–Crippen MR) is 70.5 cm³/mol. The fourth-order valence-corrected chi connectivity index (χ4v) is 1.42. The first kappa shape index (κ1) is 18.2. The van der Waals surface area contributed by atoms with Gasteiger partial charge in [0.15, 0.2) is 0 Å². The average molecular weight is 290 g/mol. The maximum atomic E-state index is 11.9. The number of urea groups is 1. The topological polar surface area (TPSA) is 116 Å². The molecule has 1 unspecified atom stereocenters. The molecule has 0 heterocycles. The minimum Gasteiger partial charge on any atom is -0.480 e. The molecule has 116 valence electrons. The summed E-state index contributed by atoms with van der Waals surface area (Å²) < 4.78 is 5.23. The lowest BCUT2D eigenvalue weighted by Crippen LogP contribution is -2.51. The third-order valence-corrected chi connectivity index (χ3v) is 2.55. The van der Waals surface area contributed by atoms with E-state index < -0.39 is 31.1 Å². The van der Waals surface area contributed by atoms with Gasteiger partial charge in [0.05, 0.1) is 12.6 Å². The molecule has 0 aromatic heterocycles. The predicted octanol–water partition coefficient (Wildman–Crippen LogP) is 0.228. The van der Waals surface area contributed by atoms with Crippen LogP contribution in [0.2, 0.25) is 0 Å². The van der Waals surface area contributed by atoms with Crippen molar-refractivity contribution in [3.8, 4) is 0 Å². The Balaban J connectivity index is 4.68. The number of carbonyl (C=O) groups excluding carboxylic acids is 1. The van der Waals surface area contributed by atoms with Crippen LogP contribution in [0.25, 0.3) is 0 Å². The van der Waals surface area contributed by atoms with Gasteiger partial charge in [-0.25, -0.2) is 4.79 Å². The number of carboxylic acids is 2. The Labute approximate surface area is 117 Å². The van der Waals surface area contributed by atoms with Gasteiger partial charge >= 0.3 is 18.0 Å². The highest BCUT2D eigenvalue weighted by Gasteiger charge is 2.23. The van der Waals surface area contributed by atoms with Crippen molar-refractivity contribution in [2.45, 2.75) is 26.8 Å². The van der Waals surface area contributed by atoms with Crippen LogP contribution in [0.15, 0.2) is 0 Å². The van der Waals surface area contributed by atoms with Crippen LogP contribution in [-0.2, 0) is 14.3 Å². The Kier molecular flexibility index (Phi) is 8.30. The quantitative estimate of drug-likeness (QED) is 0.559. The minimum absolute atomic E-state index is 0.0713. The number of carboxylic acid groups (broad SMARTS) is 2. The molecule has 0 spiro atoms. The van der Waals surface area contributed by atoms with E-state index in [1.807, 2.05) is 20.8 Å². The first-order valence-corrected chi connectivity index (χ1v) is 6.34. The lowest BCUT2D eigenvalue weighted by Gasteiger charge is -2.26. The summed E-state index contributed by atoms with van der Waals surface area (Å²) in [4.78, 5) is 33.9. The molecule has 0 bridgehead atoms. The van der Waals surface area contributed by atoms with Gasteiger partial charge in [0.25, 0.3) is 0 Å². The van der Waals surface area contributed by atoms with E-state index in [0.717, 1.165) is 4.90 Å². The van der Waals surface area contributed by atoms with Gasteiger partial charge in [-0.05, 0) is 12.8 Å². The summed E-state index contributed by atoms with van der Waals surface area (Å²) >= 11 is 0. The Morgan fingerprint density at radius 3 is 2.00 bits per heavy atom. The van der Waals surface area contributed by atoms with Crippen molar-refractivity contribution in [3.63, 3.8) is 0 Å². The van der Waals surface area contributed by atoms with Crippen molar-refractivity contribution in [2.24, 2.45) is 5.92 Å². The van der Waals surface area contributed by atoms with Crippen LogP contribution in [0.1, 0.15) is 20.8 Å². The van der Waals surface area contributed by atoms with Crippen LogP contribution in [0.3, 0.4) is 0 Å². The molecule has 0 aliphatic heterocycles. The molecular formula is C12H22N2O6. The van der Waals surface area contributed by atoms with E-state index in [1.165, 1.54) is 0 Å². The van der Waals surface area contributed by atoms with Crippen LogP contribution in [0, 0.1) is 5.92 Å². The SMILES string of the molecule is CCOCC(NC(=O)N(CC(=O)O)CC(=O)O)C(C)C. The molecule has 0 fully saturated rings. The number of nitrogens with one attached hydrogen (secondary N) is 1. The van der Waals surface area contributed by atoms with E-state index in [9.17, 15) is 14.4 Å². The molecule has 2 amide bonds. The zero-order valence-electron chi connectivity index (χ0n) is 12.0. The van der Waals surface area contributed by atoms with Crippen molar-refractivity contribution < 1.29 is 29.3 Å². The van der Waals surface area contributed by atoms with Gasteiger partial charge < -0.3 is 25.2 Å². The van der Waals surface area contributed by atoms with E-state index in [4.69, 9.17) is 14.9 Å². The summed E-state index contributed by atoms with van der Waals surface area (Å²) in [5.41, 5.74) is 0. The Morgan fingerprint density at radius 1 is 1.15 bits per heavy atom. The normalized spacial score (nSPS) is 12.0. The summed E-state index contributed by atoms with van der Waals surface area (Å²) in [6, 6.07) is -1.04. The summed E-state index contributed by atoms with van der Waals surface area (Å²) in [5, 5.41) is 20.0. The zero-order valence-corrected chi connectivity index (χ0v) is 12.0. The van der Waals surface area contributed by atoms with E-state index in [0.29, 0.717) is 6.61 Å². The Hall–Kier alpha value is -1.83. The minimum atomic E-state index is -1.27. The lowest BCUT2D eigenvalue weighted by atomic mass is 10.1. The number of hydrogen-bond acceptors (Lipinski definition) is 4. The third kappa shape index (κ3) is 7.57. The second-order valence-electron chi connectivity index (χ2n) is 4.60. The average Bonchev–Trinajstić information content (AvgIpc) is 2.31. The van der Waals surface area contributed by atoms with E-state index >= 15 is 0 Å². The van der Waals surface area contributed by atoms with E-state index in [2.05, 4.69) is 5.32 Å². The van der Waals surface area contributed by atoms with Gasteiger partial charge in [-0.15, -0.1) is 0 Å². The van der Waals surface area contributed by atoms with Crippen LogP contribution in [0.4, 0.5) is 4.79 Å². The smallest absolute Gasteiger partial charge is 0.323 e. The van der Waals surface area contributed by atoms with Crippen LogP contribution < -0.4 is 5.32 Å². The molecule has 20 heavy (non-hydrogen) atoms. The lowest BCUT2D eigenvalue weighted by molar-refractivity contribution is -0.140. The summed E-state index contributed by atoms with van der Waals surface area (Å²) in [6.07, 6.45) is 0.